The summed E-state index contributed by atoms with van der Waals surface area (Å²) in [6.45, 7) is -1.34. The molecular weight excluding hydrogens is 280 g/mol. The molecule has 1 heterocycles. The molecular formula is C14H13F2N3O2. The molecule has 0 saturated heterocycles. The summed E-state index contributed by atoms with van der Waals surface area (Å²) in [6, 6.07) is 5.98. The molecule has 21 heavy (non-hydrogen) atoms. The molecule has 0 radical (unpaired) electrons. The van der Waals surface area contributed by atoms with Crippen LogP contribution in [0, 0.1) is 11.3 Å². The second-order valence-corrected chi connectivity index (χ2v) is 4.44. The monoisotopic (exact) mass is 293 g/mol. The van der Waals surface area contributed by atoms with Crippen molar-refractivity contribution in [1.82, 2.24) is 4.98 Å². The fourth-order valence-corrected chi connectivity index (χ4v) is 1.88. The number of nitriles is 1. The Bertz CT molecular complexity index is 686. The van der Waals surface area contributed by atoms with Gasteiger partial charge in [-0.15, -0.1) is 0 Å². The van der Waals surface area contributed by atoms with Gasteiger partial charge in [0.25, 0.3) is 0 Å². The fraction of sp³-hybridized carbons (Fsp3) is 0.286. The van der Waals surface area contributed by atoms with Crippen LogP contribution < -0.4 is 10.1 Å². The van der Waals surface area contributed by atoms with Crippen molar-refractivity contribution in [3.8, 4) is 11.8 Å². The molecule has 0 aliphatic rings. The number of rotatable bonds is 5. The number of nitrogens with zero attached hydrogens (tertiary/aromatic N) is 2. The summed E-state index contributed by atoms with van der Waals surface area (Å²) in [6.07, 6.45) is 1.39. The van der Waals surface area contributed by atoms with E-state index in [9.17, 15) is 8.78 Å². The first kappa shape index (κ1) is 14.9. The van der Waals surface area contributed by atoms with Gasteiger partial charge in [-0.1, -0.05) is 0 Å². The van der Waals surface area contributed by atoms with Gasteiger partial charge in [-0.25, -0.2) is 0 Å². The second kappa shape index (κ2) is 6.33. The van der Waals surface area contributed by atoms with Crippen molar-refractivity contribution in [3.63, 3.8) is 0 Å². The van der Waals surface area contributed by atoms with Gasteiger partial charge in [0.05, 0.1) is 23.4 Å². The summed E-state index contributed by atoms with van der Waals surface area (Å²) < 4.78 is 28.9. The van der Waals surface area contributed by atoms with Crippen LogP contribution in [0.4, 0.5) is 14.5 Å². The predicted octanol–water partition coefficient (Wildman–Crippen LogP) is 2.50. The van der Waals surface area contributed by atoms with Gasteiger partial charge >= 0.3 is 6.61 Å². The lowest BCUT2D eigenvalue weighted by Gasteiger charge is -2.16. The Morgan fingerprint density at radius 2 is 2.24 bits per heavy atom. The smallest absolute Gasteiger partial charge is 0.387 e. The summed E-state index contributed by atoms with van der Waals surface area (Å²) in [4.78, 5) is 4.10. The maximum Gasteiger partial charge on any atom is 0.387 e. The number of aromatic nitrogens is 1. The zero-order valence-corrected chi connectivity index (χ0v) is 11.2. The predicted molar refractivity (Wildman–Crippen MR) is 73.3 cm³/mol. The van der Waals surface area contributed by atoms with E-state index >= 15 is 0 Å². The first-order valence-corrected chi connectivity index (χ1v) is 6.20. The van der Waals surface area contributed by atoms with Crippen molar-refractivity contribution >= 4 is 16.6 Å². The zero-order valence-electron chi connectivity index (χ0n) is 11.2. The number of fused-ring (bicyclic) bond motifs is 1. The number of nitrogens with one attached hydrogen (secondary N) is 1. The minimum atomic E-state index is -2.93. The lowest BCUT2D eigenvalue weighted by molar-refractivity contribution is -0.0497. The van der Waals surface area contributed by atoms with Crippen molar-refractivity contribution in [2.24, 2.45) is 0 Å². The van der Waals surface area contributed by atoms with E-state index < -0.39 is 6.61 Å². The van der Waals surface area contributed by atoms with Gasteiger partial charge in [-0.2, -0.15) is 14.0 Å². The summed E-state index contributed by atoms with van der Waals surface area (Å²) in [5, 5.41) is 21.7. The van der Waals surface area contributed by atoms with E-state index in [1.165, 1.54) is 24.4 Å². The third-order valence-corrected chi connectivity index (χ3v) is 2.85. The number of aliphatic hydroxyl groups is 1. The number of pyridine rings is 1. The van der Waals surface area contributed by atoms with Gasteiger partial charge < -0.3 is 15.2 Å². The van der Waals surface area contributed by atoms with E-state index in [0.717, 1.165) is 0 Å². The van der Waals surface area contributed by atoms with Crippen molar-refractivity contribution in [1.29, 1.82) is 5.26 Å². The molecule has 1 atom stereocenters. The summed E-state index contributed by atoms with van der Waals surface area (Å²) in [7, 11) is 0. The number of halogens is 2. The highest BCUT2D eigenvalue weighted by Gasteiger charge is 2.13. The molecule has 110 valence electrons. The number of benzene rings is 1. The summed E-state index contributed by atoms with van der Waals surface area (Å²) in [5.74, 6) is -0.0194. The molecule has 2 N–H and O–H groups in total. The second-order valence-electron chi connectivity index (χ2n) is 4.44. The Hall–Kier alpha value is -2.46. The van der Waals surface area contributed by atoms with Gasteiger partial charge in [0.1, 0.15) is 11.8 Å². The van der Waals surface area contributed by atoms with E-state index in [1.807, 2.05) is 6.07 Å². The third-order valence-electron chi connectivity index (χ3n) is 2.85. The Morgan fingerprint density at radius 3 is 2.86 bits per heavy atom. The van der Waals surface area contributed by atoms with E-state index in [4.69, 9.17) is 10.4 Å². The minimum absolute atomic E-state index is 0.0194. The maximum absolute atomic E-state index is 12.3. The van der Waals surface area contributed by atoms with Crippen LogP contribution in [0.25, 0.3) is 10.9 Å². The van der Waals surface area contributed by atoms with Crippen LogP contribution in [0.1, 0.15) is 12.5 Å². The molecule has 0 unspecified atom stereocenters. The lowest BCUT2D eigenvalue weighted by Crippen LogP contribution is -2.20. The highest BCUT2D eigenvalue weighted by molar-refractivity contribution is 5.94. The van der Waals surface area contributed by atoms with Crippen LogP contribution in [0.5, 0.6) is 5.75 Å². The van der Waals surface area contributed by atoms with Crippen molar-refractivity contribution in [2.45, 2.75) is 19.6 Å². The average Bonchev–Trinajstić information content (AvgIpc) is 2.47. The van der Waals surface area contributed by atoms with E-state index in [0.29, 0.717) is 16.6 Å². The Labute approximate surface area is 119 Å². The molecule has 0 fully saturated rings. The van der Waals surface area contributed by atoms with E-state index in [-0.39, 0.29) is 24.0 Å². The molecule has 1 aromatic carbocycles. The van der Waals surface area contributed by atoms with E-state index in [2.05, 4.69) is 15.0 Å². The minimum Gasteiger partial charge on any atom is -0.435 e. The topological polar surface area (TPSA) is 78.2 Å². The molecule has 2 rings (SSSR count). The molecule has 5 nitrogen and oxygen atoms in total. The van der Waals surface area contributed by atoms with Crippen LogP contribution in [-0.2, 0) is 0 Å². The van der Waals surface area contributed by atoms with Gasteiger partial charge in [-0.05, 0) is 25.1 Å². The van der Waals surface area contributed by atoms with E-state index in [1.54, 1.807) is 6.92 Å². The number of ether oxygens (including phenoxy) is 1. The van der Waals surface area contributed by atoms with Crippen molar-refractivity contribution in [2.75, 3.05) is 11.9 Å². The number of alkyl halides is 2. The van der Waals surface area contributed by atoms with Gasteiger partial charge in [0.2, 0.25) is 0 Å². The van der Waals surface area contributed by atoms with Crippen LogP contribution in [-0.4, -0.2) is 29.4 Å². The first-order valence-electron chi connectivity index (χ1n) is 6.20. The standard InChI is InChI=1S/C14H13F2N3O2/c1-8(7-20)19-13-9(5-17)6-18-12-3-2-10(4-11(12)13)21-14(15)16/h2-4,6,8,14,20H,7H2,1H3,(H,18,19)/t8-/m0/s1. The van der Waals surface area contributed by atoms with Gasteiger partial charge in [0.15, 0.2) is 0 Å². The van der Waals surface area contributed by atoms with Crippen molar-refractivity contribution in [3.05, 3.63) is 30.0 Å². The zero-order chi connectivity index (χ0) is 15.4. The molecule has 0 aliphatic heterocycles. The number of hydrogen-bond acceptors (Lipinski definition) is 5. The largest absolute Gasteiger partial charge is 0.435 e. The van der Waals surface area contributed by atoms with Crippen LogP contribution >= 0.6 is 0 Å². The van der Waals surface area contributed by atoms with Crippen LogP contribution in [0.15, 0.2) is 24.4 Å². The highest BCUT2D eigenvalue weighted by Crippen LogP contribution is 2.30. The van der Waals surface area contributed by atoms with Crippen LogP contribution in [0.3, 0.4) is 0 Å². The Balaban J connectivity index is 2.56. The molecule has 0 aliphatic carbocycles. The first-order chi connectivity index (χ1) is 10.0. The fourth-order valence-electron chi connectivity index (χ4n) is 1.88. The highest BCUT2D eigenvalue weighted by atomic mass is 19.3. The Kier molecular flexibility index (Phi) is 4.50. The molecule has 0 amide bonds. The molecule has 2 aromatic rings. The third kappa shape index (κ3) is 3.35. The molecule has 0 spiro atoms. The van der Waals surface area contributed by atoms with Crippen LogP contribution in [0.2, 0.25) is 0 Å². The maximum atomic E-state index is 12.3. The average molecular weight is 293 g/mol. The lowest BCUT2D eigenvalue weighted by atomic mass is 10.1. The normalized spacial score (nSPS) is 12.2. The van der Waals surface area contributed by atoms with Gasteiger partial charge in [0, 0.05) is 17.6 Å². The SMILES string of the molecule is C[C@@H](CO)Nc1c(C#N)cnc2ccc(OC(F)F)cc12. The molecule has 0 saturated carbocycles. The number of aliphatic hydroxyl groups excluding tert-OH is 1. The quantitative estimate of drug-likeness (QED) is 0.885. The molecule has 0 bridgehead atoms. The summed E-state index contributed by atoms with van der Waals surface area (Å²) >= 11 is 0. The van der Waals surface area contributed by atoms with Gasteiger partial charge in [-0.3, -0.25) is 4.98 Å². The number of hydrogen-bond donors (Lipinski definition) is 2. The molecule has 7 heteroatoms. The van der Waals surface area contributed by atoms with Crippen molar-refractivity contribution < 1.29 is 18.6 Å². The molecule has 1 aromatic heterocycles. The number of anilines is 1. The summed E-state index contributed by atoms with van der Waals surface area (Å²) in [5.41, 5.74) is 1.23. The Morgan fingerprint density at radius 1 is 1.48 bits per heavy atom.